The standard InChI is InChI=1S/C15H14BrF2NO/c16-12-2-1-11(15(18)7-12)9-20-14-6-10(3-4-19)5-13(17)8-14/h1-2,5-8H,3-4,9,19H2. The molecule has 2 N–H and O–H groups in total. The molecule has 0 aromatic heterocycles. The summed E-state index contributed by atoms with van der Waals surface area (Å²) in [6.45, 7) is 0.481. The molecule has 0 saturated carbocycles. The van der Waals surface area contributed by atoms with Crippen molar-refractivity contribution >= 4 is 15.9 Å². The van der Waals surface area contributed by atoms with Crippen molar-refractivity contribution in [2.75, 3.05) is 6.54 Å². The molecule has 0 fully saturated rings. The summed E-state index contributed by atoms with van der Waals surface area (Å²) in [7, 11) is 0. The van der Waals surface area contributed by atoms with Crippen molar-refractivity contribution in [2.24, 2.45) is 5.73 Å². The van der Waals surface area contributed by atoms with E-state index >= 15 is 0 Å². The van der Waals surface area contributed by atoms with Crippen LogP contribution in [0.4, 0.5) is 8.78 Å². The number of halogens is 3. The third-order valence-corrected chi connectivity index (χ3v) is 3.27. The van der Waals surface area contributed by atoms with Crippen LogP contribution < -0.4 is 10.5 Å². The summed E-state index contributed by atoms with van der Waals surface area (Å²) in [6, 6.07) is 9.13. The summed E-state index contributed by atoms with van der Waals surface area (Å²) < 4.78 is 33.1. The van der Waals surface area contributed by atoms with E-state index in [9.17, 15) is 8.78 Å². The van der Waals surface area contributed by atoms with Crippen molar-refractivity contribution in [3.8, 4) is 5.75 Å². The highest BCUT2D eigenvalue weighted by molar-refractivity contribution is 9.10. The molecule has 2 aromatic rings. The van der Waals surface area contributed by atoms with E-state index in [0.29, 0.717) is 28.8 Å². The van der Waals surface area contributed by atoms with E-state index in [2.05, 4.69) is 15.9 Å². The van der Waals surface area contributed by atoms with Crippen molar-refractivity contribution in [1.29, 1.82) is 0 Å². The normalized spacial score (nSPS) is 10.6. The first-order valence-electron chi connectivity index (χ1n) is 6.15. The molecule has 0 amide bonds. The van der Waals surface area contributed by atoms with Gasteiger partial charge in [0.2, 0.25) is 0 Å². The van der Waals surface area contributed by atoms with Gasteiger partial charge in [-0.25, -0.2) is 8.78 Å². The lowest BCUT2D eigenvalue weighted by molar-refractivity contribution is 0.298. The monoisotopic (exact) mass is 341 g/mol. The summed E-state index contributed by atoms with van der Waals surface area (Å²) in [5, 5.41) is 0. The van der Waals surface area contributed by atoms with Crippen molar-refractivity contribution in [3.63, 3.8) is 0 Å². The molecule has 20 heavy (non-hydrogen) atoms. The van der Waals surface area contributed by atoms with Gasteiger partial charge >= 0.3 is 0 Å². The minimum atomic E-state index is -0.387. The quantitative estimate of drug-likeness (QED) is 0.897. The van der Waals surface area contributed by atoms with Crippen LogP contribution in [0.2, 0.25) is 0 Å². The van der Waals surface area contributed by atoms with Crippen LogP contribution in [-0.4, -0.2) is 6.54 Å². The SMILES string of the molecule is NCCc1cc(F)cc(OCc2ccc(Br)cc2F)c1. The average molecular weight is 342 g/mol. The van der Waals surface area contributed by atoms with Gasteiger partial charge in [-0.3, -0.25) is 0 Å². The number of benzene rings is 2. The Balaban J connectivity index is 2.10. The van der Waals surface area contributed by atoms with Gasteiger partial charge in [-0.2, -0.15) is 0 Å². The number of ether oxygens (including phenoxy) is 1. The van der Waals surface area contributed by atoms with Crippen LogP contribution in [-0.2, 0) is 13.0 Å². The minimum Gasteiger partial charge on any atom is -0.489 e. The van der Waals surface area contributed by atoms with E-state index in [0.717, 1.165) is 5.56 Å². The fraction of sp³-hybridized carbons (Fsp3) is 0.200. The second kappa shape index (κ2) is 6.81. The summed E-state index contributed by atoms with van der Waals surface area (Å²) >= 11 is 3.19. The Morgan fingerprint density at radius 1 is 1.10 bits per heavy atom. The average Bonchev–Trinajstić information content (AvgIpc) is 2.37. The maximum Gasteiger partial charge on any atom is 0.130 e. The van der Waals surface area contributed by atoms with E-state index in [1.165, 1.54) is 18.2 Å². The Hall–Kier alpha value is -1.46. The van der Waals surface area contributed by atoms with Gasteiger partial charge in [0.15, 0.2) is 0 Å². The molecule has 0 bridgehead atoms. The van der Waals surface area contributed by atoms with Crippen LogP contribution in [0.15, 0.2) is 40.9 Å². The van der Waals surface area contributed by atoms with Gasteiger partial charge in [0.25, 0.3) is 0 Å². The third-order valence-electron chi connectivity index (χ3n) is 2.77. The van der Waals surface area contributed by atoms with E-state index in [1.54, 1.807) is 18.2 Å². The number of rotatable bonds is 5. The highest BCUT2D eigenvalue weighted by Crippen LogP contribution is 2.20. The van der Waals surface area contributed by atoms with Crippen LogP contribution >= 0.6 is 15.9 Å². The van der Waals surface area contributed by atoms with Crippen LogP contribution in [0.1, 0.15) is 11.1 Å². The minimum absolute atomic E-state index is 0.0463. The number of hydrogen-bond donors (Lipinski definition) is 1. The maximum absolute atomic E-state index is 13.6. The van der Waals surface area contributed by atoms with Gasteiger partial charge in [-0.15, -0.1) is 0 Å². The van der Waals surface area contributed by atoms with Gasteiger partial charge < -0.3 is 10.5 Å². The third kappa shape index (κ3) is 4.02. The van der Waals surface area contributed by atoms with Crippen LogP contribution in [0.25, 0.3) is 0 Å². The fourth-order valence-corrected chi connectivity index (χ4v) is 2.15. The van der Waals surface area contributed by atoms with Crippen molar-refractivity contribution in [2.45, 2.75) is 13.0 Å². The second-order valence-corrected chi connectivity index (χ2v) is 5.27. The van der Waals surface area contributed by atoms with E-state index < -0.39 is 0 Å². The van der Waals surface area contributed by atoms with Crippen LogP contribution in [0.3, 0.4) is 0 Å². The molecule has 2 rings (SSSR count). The molecule has 2 nitrogen and oxygen atoms in total. The largest absolute Gasteiger partial charge is 0.489 e. The Morgan fingerprint density at radius 2 is 1.90 bits per heavy atom. The lowest BCUT2D eigenvalue weighted by Crippen LogP contribution is -2.04. The first kappa shape index (κ1) is 14.9. The Morgan fingerprint density at radius 3 is 2.60 bits per heavy atom. The van der Waals surface area contributed by atoms with Crippen LogP contribution in [0.5, 0.6) is 5.75 Å². The Bertz CT molecular complexity index is 604. The highest BCUT2D eigenvalue weighted by Gasteiger charge is 2.06. The lowest BCUT2D eigenvalue weighted by atomic mass is 10.1. The molecule has 5 heteroatoms. The second-order valence-electron chi connectivity index (χ2n) is 4.36. The van der Waals surface area contributed by atoms with Gasteiger partial charge in [-0.1, -0.05) is 22.0 Å². The zero-order valence-corrected chi connectivity index (χ0v) is 12.3. The van der Waals surface area contributed by atoms with Gasteiger partial charge in [0.05, 0.1) is 0 Å². The predicted molar refractivity (Wildman–Crippen MR) is 77.6 cm³/mol. The summed E-state index contributed by atoms with van der Waals surface area (Å²) in [6.07, 6.45) is 0.570. The first-order chi connectivity index (χ1) is 9.58. The van der Waals surface area contributed by atoms with Gasteiger partial charge in [0, 0.05) is 16.1 Å². The van der Waals surface area contributed by atoms with E-state index in [1.807, 2.05) is 0 Å². The van der Waals surface area contributed by atoms with E-state index in [4.69, 9.17) is 10.5 Å². The van der Waals surface area contributed by atoms with Gasteiger partial charge in [-0.05, 0) is 42.8 Å². The fourth-order valence-electron chi connectivity index (χ4n) is 1.81. The zero-order valence-electron chi connectivity index (χ0n) is 10.7. The Kier molecular flexibility index (Phi) is 5.09. The van der Waals surface area contributed by atoms with Crippen LogP contribution in [0, 0.1) is 11.6 Å². The molecule has 0 aliphatic carbocycles. The van der Waals surface area contributed by atoms with Gasteiger partial charge in [0.1, 0.15) is 24.0 Å². The Labute approximate surface area is 124 Å². The topological polar surface area (TPSA) is 35.2 Å². The van der Waals surface area contributed by atoms with Crippen molar-refractivity contribution in [3.05, 3.63) is 63.6 Å². The summed E-state index contributed by atoms with van der Waals surface area (Å²) in [5.74, 6) is -0.379. The molecule has 0 heterocycles. The molecule has 0 atom stereocenters. The molecule has 0 aliphatic rings. The molecular formula is C15H14BrF2NO. The predicted octanol–water partition coefficient (Wildman–Crippen LogP) is 3.81. The smallest absolute Gasteiger partial charge is 0.130 e. The molecule has 0 saturated heterocycles. The number of nitrogens with two attached hydrogens (primary N) is 1. The number of hydrogen-bond acceptors (Lipinski definition) is 2. The van der Waals surface area contributed by atoms with Crippen molar-refractivity contribution < 1.29 is 13.5 Å². The van der Waals surface area contributed by atoms with E-state index in [-0.39, 0.29) is 18.2 Å². The lowest BCUT2D eigenvalue weighted by Gasteiger charge is -2.09. The molecule has 0 unspecified atom stereocenters. The first-order valence-corrected chi connectivity index (χ1v) is 6.94. The van der Waals surface area contributed by atoms with Crippen molar-refractivity contribution in [1.82, 2.24) is 0 Å². The molecule has 2 aromatic carbocycles. The summed E-state index contributed by atoms with van der Waals surface area (Å²) in [4.78, 5) is 0. The highest BCUT2D eigenvalue weighted by atomic mass is 79.9. The molecule has 106 valence electrons. The molecular weight excluding hydrogens is 328 g/mol. The summed E-state index contributed by atoms with van der Waals surface area (Å²) in [5.41, 5.74) is 6.62. The molecule has 0 spiro atoms. The maximum atomic E-state index is 13.6. The molecule has 0 aliphatic heterocycles. The molecule has 0 radical (unpaired) electrons. The zero-order chi connectivity index (χ0) is 14.5.